The molecule has 0 aromatic heterocycles. The number of benzene rings is 1. The number of amides is 2. The van der Waals surface area contributed by atoms with Crippen molar-refractivity contribution in [2.24, 2.45) is 0 Å². The van der Waals surface area contributed by atoms with Gasteiger partial charge in [-0.25, -0.2) is 0 Å². The van der Waals surface area contributed by atoms with Gasteiger partial charge in [0.05, 0.1) is 0 Å². The number of fused-ring (bicyclic) bond motifs is 1. The molecule has 0 aliphatic carbocycles. The zero-order valence-electron chi connectivity index (χ0n) is 12.3. The third kappa shape index (κ3) is 3.87. The van der Waals surface area contributed by atoms with Crippen molar-refractivity contribution >= 4 is 17.5 Å². The van der Waals surface area contributed by atoms with Gasteiger partial charge in [0.2, 0.25) is 0 Å². The van der Waals surface area contributed by atoms with E-state index in [-0.39, 0.29) is 0 Å². The van der Waals surface area contributed by atoms with Gasteiger partial charge in [-0.15, -0.1) is 0 Å². The minimum Gasteiger partial charge on any atom is -0.486 e. The summed E-state index contributed by atoms with van der Waals surface area (Å²) in [5.74, 6) is 0.0279. The summed E-state index contributed by atoms with van der Waals surface area (Å²) in [6, 6.07) is 5.06. The van der Waals surface area contributed by atoms with E-state index in [1.165, 1.54) is 4.90 Å². The van der Waals surface area contributed by atoms with Crippen LogP contribution in [0, 0.1) is 0 Å². The lowest BCUT2D eigenvalue weighted by Gasteiger charge is -2.19. The van der Waals surface area contributed by atoms with Gasteiger partial charge in [0.25, 0.3) is 0 Å². The van der Waals surface area contributed by atoms with Crippen molar-refractivity contribution < 1.29 is 19.1 Å². The van der Waals surface area contributed by atoms with Gasteiger partial charge in [-0.05, 0) is 18.6 Å². The molecule has 21 heavy (non-hydrogen) atoms. The molecular weight excluding hydrogens is 272 g/mol. The Kier molecular flexibility index (Phi) is 5.03. The summed E-state index contributed by atoms with van der Waals surface area (Å²) in [4.78, 5) is 25.2. The second-order valence-electron chi connectivity index (χ2n) is 4.89. The number of anilines is 1. The number of ether oxygens (including phenoxy) is 2. The Morgan fingerprint density at radius 1 is 1.24 bits per heavy atom. The summed E-state index contributed by atoms with van der Waals surface area (Å²) in [6.45, 7) is 3.60. The van der Waals surface area contributed by atoms with Gasteiger partial charge in [0.15, 0.2) is 11.5 Å². The molecule has 6 nitrogen and oxygen atoms in total. The molecule has 2 rings (SSSR count). The highest BCUT2D eigenvalue weighted by Gasteiger charge is 2.19. The average molecular weight is 292 g/mol. The summed E-state index contributed by atoms with van der Waals surface area (Å²) in [5, 5.41) is 2.58. The first-order chi connectivity index (χ1) is 10.1. The first-order valence-electron chi connectivity index (χ1n) is 7.08. The standard InChI is InChI=1S/C15H20N2O4/c1-3-4-7-17(2)15(19)14(18)16-11-5-6-12-13(10-11)21-9-8-20-12/h5-6,10H,3-4,7-9H2,1-2H3,(H,16,18). The fourth-order valence-corrected chi connectivity index (χ4v) is 1.98. The lowest BCUT2D eigenvalue weighted by Crippen LogP contribution is -2.37. The molecule has 114 valence electrons. The SMILES string of the molecule is CCCCN(C)C(=O)C(=O)Nc1ccc2c(c1)OCCO2. The summed E-state index contributed by atoms with van der Waals surface area (Å²) in [7, 11) is 1.63. The Bertz CT molecular complexity index is 530. The Hall–Kier alpha value is -2.24. The number of unbranched alkanes of at least 4 members (excludes halogenated alkanes) is 1. The van der Waals surface area contributed by atoms with E-state index in [9.17, 15) is 9.59 Å². The first kappa shape index (κ1) is 15.2. The van der Waals surface area contributed by atoms with Crippen molar-refractivity contribution in [3.8, 4) is 11.5 Å². The first-order valence-corrected chi connectivity index (χ1v) is 7.08. The van der Waals surface area contributed by atoms with E-state index in [1.54, 1.807) is 25.2 Å². The second-order valence-corrected chi connectivity index (χ2v) is 4.89. The fraction of sp³-hybridized carbons (Fsp3) is 0.467. The maximum Gasteiger partial charge on any atom is 0.313 e. The number of hydrogen-bond acceptors (Lipinski definition) is 4. The molecule has 1 heterocycles. The molecule has 6 heteroatoms. The zero-order chi connectivity index (χ0) is 15.2. The Balaban J connectivity index is 1.97. The van der Waals surface area contributed by atoms with Gasteiger partial charge in [-0.3, -0.25) is 9.59 Å². The number of carbonyl (C=O) groups excluding carboxylic acids is 2. The highest BCUT2D eigenvalue weighted by Crippen LogP contribution is 2.32. The maximum atomic E-state index is 11.9. The van der Waals surface area contributed by atoms with Crippen LogP contribution in [0.1, 0.15) is 19.8 Å². The molecule has 0 saturated heterocycles. The molecule has 0 fully saturated rings. The molecule has 1 aromatic carbocycles. The summed E-state index contributed by atoms with van der Waals surface area (Å²) in [5.41, 5.74) is 0.515. The van der Waals surface area contributed by atoms with E-state index in [0.29, 0.717) is 36.9 Å². The van der Waals surface area contributed by atoms with Crippen LogP contribution < -0.4 is 14.8 Å². The smallest absolute Gasteiger partial charge is 0.313 e. The molecule has 1 aliphatic rings. The third-order valence-electron chi connectivity index (χ3n) is 3.19. The lowest BCUT2D eigenvalue weighted by molar-refractivity contribution is -0.142. The van der Waals surface area contributed by atoms with Gasteiger partial charge in [0, 0.05) is 25.3 Å². The second kappa shape index (κ2) is 6.97. The Morgan fingerprint density at radius 2 is 1.95 bits per heavy atom. The summed E-state index contributed by atoms with van der Waals surface area (Å²) < 4.78 is 10.8. The van der Waals surface area contributed by atoms with Crippen LogP contribution in [0.4, 0.5) is 5.69 Å². The number of nitrogens with zero attached hydrogens (tertiary/aromatic N) is 1. The van der Waals surface area contributed by atoms with Crippen LogP contribution >= 0.6 is 0 Å². The van der Waals surface area contributed by atoms with Crippen molar-refractivity contribution in [2.75, 3.05) is 32.1 Å². The topological polar surface area (TPSA) is 67.9 Å². The molecule has 0 spiro atoms. The van der Waals surface area contributed by atoms with Crippen LogP contribution in [0.5, 0.6) is 11.5 Å². The van der Waals surface area contributed by atoms with E-state index in [2.05, 4.69) is 5.32 Å². The monoisotopic (exact) mass is 292 g/mol. The largest absolute Gasteiger partial charge is 0.486 e. The Labute approximate surface area is 124 Å². The molecule has 0 bridgehead atoms. The third-order valence-corrected chi connectivity index (χ3v) is 3.19. The van der Waals surface area contributed by atoms with E-state index in [0.717, 1.165) is 12.8 Å². The molecule has 0 saturated carbocycles. The fourth-order valence-electron chi connectivity index (χ4n) is 1.98. The molecule has 0 radical (unpaired) electrons. The van der Waals surface area contributed by atoms with Crippen LogP contribution in [0.15, 0.2) is 18.2 Å². The van der Waals surface area contributed by atoms with E-state index >= 15 is 0 Å². The maximum absolute atomic E-state index is 11.9. The van der Waals surface area contributed by atoms with Crippen LogP contribution in [-0.2, 0) is 9.59 Å². The van der Waals surface area contributed by atoms with E-state index in [4.69, 9.17) is 9.47 Å². The number of hydrogen-bond donors (Lipinski definition) is 1. The number of rotatable bonds is 4. The Morgan fingerprint density at radius 3 is 2.67 bits per heavy atom. The number of likely N-dealkylation sites (N-methyl/N-ethyl adjacent to an activating group) is 1. The van der Waals surface area contributed by atoms with Crippen molar-refractivity contribution in [1.82, 2.24) is 4.90 Å². The van der Waals surface area contributed by atoms with Crippen molar-refractivity contribution in [1.29, 1.82) is 0 Å². The quantitative estimate of drug-likeness (QED) is 0.857. The van der Waals surface area contributed by atoms with E-state index in [1.807, 2.05) is 6.92 Å². The normalized spacial score (nSPS) is 12.7. The van der Waals surface area contributed by atoms with Gasteiger partial charge >= 0.3 is 11.8 Å². The highest BCUT2D eigenvalue weighted by molar-refractivity contribution is 6.39. The molecular formula is C15H20N2O4. The molecule has 0 unspecified atom stereocenters. The molecule has 0 atom stereocenters. The molecule has 2 amide bonds. The van der Waals surface area contributed by atoms with Gasteiger partial charge in [-0.1, -0.05) is 13.3 Å². The van der Waals surface area contributed by atoms with Crippen LogP contribution in [0.2, 0.25) is 0 Å². The van der Waals surface area contributed by atoms with Crippen LogP contribution in [0.25, 0.3) is 0 Å². The molecule has 1 N–H and O–H groups in total. The summed E-state index contributed by atoms with van der Waals surface area (Å²) in [6.07, 6.45) is 1.85. The minimum absolute atomic E-state index is 0.475. The van der Waals surface area contributed by atoms with Gasteiger partial charge < -0.3 is 19.7 Å². The van der Waals surface area contributed by atoms with E-state index < -0.39 is 11.8 Å². The predicted octanol–water partition coefficient (Wildman–Crippen LogP) is 1.65. The van der Waals surface area contributed by atoms with Crippen molar-refractivity contribution in [3.63, 3.8) is 0 Å². The average Bonchev–Trinajstić information content (AvgIpc) is 2.51. The number of nitrogens with one attached hydrogen (secondary N) is 1. The van der Waals surface area contributed by atoms with Crippen molar-refractivity contribution in [3.05, 3.63) is 18.2 Å². The zero-order valence-corrected chi connectivity index (χ0v) is 12.3. The molecule has 1 aliphatic heterocycles. The van der Waals surface area contributed by atoms with Crippen molar-refractivity contribution in [2.45, 2.75) is 19.8 Å². The minimum atomic E-state index is -0.648. The highest BCUT2D eigenvalue weighted by atomic mass is 16.6. The van der Waals surface area contributed by atoms with Gasteiger partial charge in [-0.2, -0.15) is 0 Å². The van der Waals surface area contributed by atoms with Gasteiger partial charge in [0.1, 0.15) is 13.2 Å². The molecule has 1 aromatic rings. The predicted molar refractivity (Wildman–Crippen MR) is 78.6 cm³/mol. The van der Waals surface area contributed by atoms with Crippen LogP contribution in [0.3, 0.4) is 0 Å². The lowest BCUT2D eigenvalue weighted by atomic mass is 10.2. The summed E-state index contributed by atoms with van der Waals surface area (Å²) >= 11 is 0. The van der Waals surface area contributed by atoms with Crippen LogP contribution in [-0.4, -0.2) is 43.5 Å². The number of carbonyl (C=O) groups is 2.